The van der Waals surface area contributed by atoms with E-state index in [0.29, 0.717) is 0 Å². The highest BCUT2D eigenvalue weighted by atomic mass is 15.3. The van der Waals surface area contributed by atoms with Gasteiger partial charge in [-0.3, -0.25) is 9.58 Å². The van der Waals surface area contributed by atoms with Gasteiger partial charge in [-0.05, 0) is 27.2 Å². The second-order valence-corrected chi connectivity index (χ2v) is 5.28. The number of hydrogen-bond acceptors (Lipinski definition) is 3. The Morgan fingerprint density at radius 1 is 1.33 bits per heavy atom. The first-order chi connectivity index (χ1) is 6.89. The average molecular weight is 208 g/mol. The fraction of sp³-hybridized carbons (Fsp3) is 0.727. The predicted octanol–water partition coefficient (Wildman–Crippen LogP) is 1.16. The van der Waals surface area contributed by atoms with Gasteiger partial charge in [0.05, 0.1) is 5.69 Å². The van der Waals surface area contributed by atoms with Gasteiger partial charge in [0.25, 0.3) is 0 Å². The maximum absolute atomic E-state index is 5.96. The molecule has 0 fully saturated rings. The van der Waals surface area contributed by atoms with Crippen LogP contribution in [0.4, 0.5) is 5.82 Å². The lowest BCUT2D eigenvalue weighted by Crippen LogP contribution is -2.44. The van der Waals surface area contributed by atoms with Crippen molar-refractivity contribution in [3.8, 4) is 0 Å². The standard InChI is InChI=1S/C11H20N4/c1-11(2,3)15-6-5-8-9(7-15)13-14(4)10(8)12/h5-7,12H2,1-4H3. The van der Waals surface area contributed by atoms with Crippen LogP contribution in [0.1, 0.15) is 32.0 Å². The normalized spacial score (nSPS) is 17.9. The number of aryl methyl sites for hydroxylation is 1. The van der Waals surface area contributed by atoms with Crippen molar-refractivity contribution in [2.75, 3.05) is 12.3 Å². The van der Waals surface area contributed by atoms with Gasteiger partial charge in [-0.25, -0.2) is 0 Å². The summed E-state index contributed by atoms with van der Waals surface area (Å²) in [6.07, 6.45) is 1.02. The van der Waals surface area contributed by atoms with Crippen LogP contribution < -0.4 is 5.73 Å². The Hall–Kier alpha value is -1.03. The van der Waals surface area contributed by atoms with Crippen molar-refractivity contribution in [2.24, 2.45) is 7.05 Å². The molecule has 0 spiro atoms. The molecule has 84 valence electrons. The molecular formula is C11H20N4. The van der Waals surface area contributed by atoms with Crippen molar-refractivity contribution in [2.45, 2.75) is 39.3 Å². The monoisotopic (exact) mass is 208 g/mol. The largest absolute Gasteiger partial charge is 0.384 e. The van der Waals surface area contributed by atoms with E-state index in [2.05, 4.69) is 30.8 Å². The van der Waals surface area contributed by atoms with E-state index < -0.39 is 0 Å². The molecule has 0 amide bonds. The third kappa shape index (κ3) is 1.74. The van der Waals surface area contributed by atoms with E-state index in [1.54, 1.807) is 4.68 Å². The molecule has 0 aliphatic carbocycles. The maximum Gasteiger partial charge on any atom is 0.124 e. The molecular weight excluding hydrogens is 188 g/mol. The molecule has 0 unspecified atom stereocenters. The van der Waals surface area contributed by atoms with E-state index in [4.69, 9.17) is 5.73 Å². The number of hydrogen-bond donors (Lipinski definition) is 1. The lowest BCUT2D eigenvalue weighted by Gasteiger charge is -2.37. The van der Waals surface area contributed by atoms with Crippen LogP contribution in [0.5, 0.6) is 0 Å². The summed E-state index contributed by atoms with van der Waals surface area (Å²) in [5.74, 6) is 0.832. The number of aromatic nitrogens is 2. The van der Waals surface area contributed by atoms with Crippen LogP contribution in [0, 0.1) is 0 Å². The lowest BCUT2D eigenvalue weighted by molar-refractivity contribution is 0.119. The first kappa shape index (κ1) is 10.5. The SMILES string of the molecule is Cn1nc2c(c1N)CCN(C(C)(C)C)C2. The van der Waals surface area contributed by atoms with Gasteiger partial charge in [-0.1, -0.05) is 0 Å². The molecule has 15 heavy (non-hydrogen) atoms. The molecule has 1 aromatic rings. The number of nitrogen functional groups attached to an aromatic ring is 1. The number of fused-ring (bicyclic) bond motifs is 1. The Morgan fingerprint density at radius 2 is 2.00 bits per heavy atom. The molecule has 4 heteroatoms. The van der Waals surface area contributed by atoms with Gasteiger partial charge in [0, 0.05) is 31.2 Å². The van der Waals surface area contributed by atoms with Crippen LogP contribution >= 0.6 is 0 Å². The molecule has 1 aliphatic heterocycles. The Balaban J connectivity index is 2.28. The van der Waals surface area contributed by atoms with Gasteiger partial charge in [-0.2, -0.15) is 5.10 Å². The highest BCUT2D eigenvalue weighted by Gasteiger charge is 2.28. The van der Waals surface area contributed by atoms with Gasteiger partial charge >= 0.3 is 0 Å². The fourth-order valence-corrected chi connectivity index (χ4v) is 2.12. The minimum Gasteiger partial charge on any atom is -0.384 e. The fourth-order valence-electron chi connectivity index (χ4n) is 2.12. The van der Waals surface area contributed by atoms with Crippen LogP contribution in [-0.2, 0) is 20.0 Å². The van der Waals surface area contributed by atoms with Gasteiger partial charge < -0.3 is 5.73 Å². The summed E-state index contributed by atoms with van der Waals surface area (Å²) in [5, 5.41) is 4.46. The summed E-state index contributed by atoms with van der Waals surface area (Å²) in [6.45, 7) is 8.72. The van der Waals surface area contributed by atoms with Crippen LogP contribution in [0.15, 0.2) is 0 Å². The van der Waals surface area contributed by atoms with E-state index in [1.165, 1.54) is 5.56 Å². The first-order valence-corrected chi connectivity index (χ1v) is 5.45. The zero-order valence-corrected chi connectivity index (χ0v) is 10.0. The predicted molar refractivity (Wildman–Crippen MR) is 61.5 cm³/mol. The molecule has 2 N–H and O–H groups in total. The van der Waals surface area contributed by atoms with Crippen molar-refractivity contribution in [1.29, 1.82) is 0 Å². The Labute approximate surface area is 91.1 Å². The number of rotatable bonds is 0. The van der Waals surface area contributed by atoms with Crippen molar-refractivity contribution in [1.82, 2.24) is 14.7 Å². The Kier molecular flexibility index (Phi) is 2.26. The summed E-state index contributed by atoms with van der Waals surface area (Å²) in [4.78, 5) is 2.45. The summed E-state index contributed by atoms with van der Waals surface area (Å²) in [5.41, 5.74) is 8.57. The molecule has 0 atom stereocenters. The van der Waals surface area contributed by atoms with E-state index in [1.807, 2.05) is 7.05 Å². The average Bonchev–Trinajstić information content (AvgIpc) is 2.41. The molecule has 2 heterocycles. The summed E-state index contributed by atoms with van der Waals surface area (Å²) in [7, 11) is 1.91. The summed E-state index contributed by atoms with van der Waals surface area (Å²) >= 11 is 0. The van der Waals surface area contributed by atoms with E-state index in [-0.39, 0.29) is 5.54 Å². The third-order valence-electron chi connectivity index (χ3n) is 3.20. The number of nitrogens with two attached hydrogens (primary N) is 1. The third-order valence-corrected chi connectivity index (χ3v) is 3.20. The van der Waals surface area contributed by atoms with E-state index in [9.17, 15) is 0 Å². The molecule has 0 saturated carbocycles. The van der Waals surface area contributed by atoms with Crippen LogP contribution in [0.25, 0.3) is 0 Å². The van der Waals surface area contributed by atoms with Gasteiger partial charge in [0.2, 0.25) is 0 Å². The smallest absolute Gasteiger partial charge is 0.124 e. The van der Waals surface area contributed by atoms with Crippen LogP contribution in [0.2, 0.25) is 0 Å². The molecule has 0 bridgehead atoms. The van der Waals surface area contributed by atoms with Crippen molar-refractivity contribution >= 4 is 5.82 Å². The first-order valence-electron chi connectivity index (χ1n) is 5.45. The van der Waals surface area contributed by atoms with E-state index >= 15 is 0 Å². The lowest BCUT2D eigenvalue weighted by atomic mass is 9.99. The van der Waals surface area contributed by atoms with Crippen molar-refractivity contribution < 1.29 is 0 Å². The minimum absolute atomic E-state index is 0.212. The zero-order chi connectivity index (χ0) is 11.2. The van der Waals surface area contributed by atoms with Crippen LogP contribution in [-0.4, -0.2) is 26.8 Å². The van der Waals surface area contributed by atoms with Crippen molar-refractivity contribution in [3.05, 3.63) is 11.3 Å². The Morgan fingerprint density at radius 3 is 2.60 bits per heavy atom. The highest BCUT2D eigenvalue weighted by Crippen LogP contribution is 2.27. The molecule has 0 aromatic carbocycles. The quantitative estimate of drug-likeness (QED) is 0.696. The summed E-state index contributed by atoms with van der Waals surface area (Å²) in [6, 6.07) is 0. The highest BCUT2D eigenvalue weighted by molar-refractivity contribution is 5.44. The maximum atomic E-state index is 5.96. The summed E-state index contributed by atoms with van der Waals surface area (Å²) < 4.78 is 1.79. The van der Waals surface area contributed by atoms with Gasteiger partial charge in [0.1, 0.15) is 5.82 Å². The second-order valence-electron chi connectivity index (χ2n) is 5.28. The number of anilines is 1. The van der Waals surface area contributed by atoms with Crippen LogP contribution in [0.3, 0.4) is 0 Å². The minimum atomic E-state index is 0.212. The van der Waals surface area contributed by atoms with Gasteiger partial charge in [0.15, 0.2) is 0 Å². The molecule has 1 aromatic heterocycles. The molecule has 1 aliphatic rings. The molecule has 2 rings (SSSR count). The second kappa shape index (κ2) is 3.23. The molecule has 0 saturated heterocycles. The molecule has 0 radical (unpaired) electrons. The molecule has 4 nitrogen and oxygen atoms in total. The van der Waals surface area contributed by atoms with Gasteiger partial charge in [-0.15, -0.1) is 0 Å². The zero-order valence-electron chi connectivity index (χ0n) is 10.0. The van der Waals surface area contributed by atoms with E-state index in [0.717, 1.165) is 31.0 Å². The number of nitrogens with zero attached hydrogens (tertiary/aromatic N) is 3. The topological polar surface area (TPSA) is 47.1 Å². The Bertz CT molecular complexity index is 373. The van der Waals surface area contributed by atoms with Crippen molar-refractivity contribution in [3.63, 3.8) is 0 Å².